The largest absolute Gasteiger partial charge is 0.490 e. The molecule has 140 valence electrons. The molecular formula is C17H23F3N2O3. The lowest BCUT2D eigenvalue weighted by Crippen LogP contribution is -2.43. The molecule has 1 aliphatic heterocycles. The van der Waals surface area contributed by atoms with Crippen molar-refractivity contribution in [3.8, 4) is 5.75 Å². The van der Waals surface area contributed by atoms with E-state index in [0.29, 0.717) is 0 Å². The number of halogens is 3. The minimum absolute atomic E-state index is 0.0109. The van der Waals surface area contributed by atoms with Gasteiger partial charge >= 0.3 is 6.18 Å². The minimum Gasteiger partial charge on any atom is -0.490 e. The van der Waals surface area contributed by atoms with E-state index in [9.17, 15) is 23.1 Å². The predicted molar refractivity (Wildman–Crippen MR) is 86.2 cm³/mol. The highest BCUT2D eigenvalue weighted by Crippen LogP contribution is 2.35. The molecule has 1 fully saturated rings. The lowest BCUT2D eigenvalue weighted by molar-refractivity contribution is -0.139. The van der Waals surface area contributed by atoms with Crippen LogP contribution in [0.5, 0.6) is 5.75 Å². The Bertz CT molecular complexity index is 575. The van der Waals surface area contributed by atoms with Crippen molar-refractivity contribution >= 4 is 5.91 Å². The van der Waals surface area contributed by atoms with Gasteiger partial charge in [0.05, 0.1) is 5.56 Å². The summed E-state index contributed by atoms with van der Waals surface area (Å²) < 4.78 is 43.8. The third kappa shape index (κ3) is 5.61. The van der Waals surface area contributed by atoms with Crippen LogP contribution < -0.4 is 10.1 Å². The topological polar surface area (TPSA) is 61.8 Å². The van der Waals surface area contributed by atoms with Gasteiger partial charge in [0.15, 0.2) is 0 Å². The van der Waals surface area contributed by atoms with Gasteiger partial charge in [-0.15, -0.1) is 0 Å². The molecule has 0 unspecified atom stereocenters. The minimum atomic E-state index is -4.52. The van der Waals surface area contributed by atoms with E-state index < -0.39 is 17.8 Å². The maximum atomic E-state index is 12.9. The number of benzene rings is 1. The molecule has 1 aromatic carbocycles. The number of carbonyl (C=O) groups excluding carboxylic acids is 1. The molecule has 0 aliphatic carbocycles. The average molecular weight is 360 g/mol. The molecule has 0 radical (unpaired) electrons. The fourth-order valence-corrected chi connectivity index (χ4v) is 2.85. The molecule has 0 saturated carbocycles. The van der Waals surface area contributed by atoms with Crippen LogP contribution in [-0.2, 0) is 11.0 Å². The summed E-state index contributed by atoms with van der Waals surface area (Å²) in [6, 6.07) is 4.84. The van der Waals surface area contributed by atoms with Crippen molar-refractivity contribution in [2.45, 2.75) is 25.1 Å². The summed E-state index contributed by atoms with van der Waals surface area (Å²) in [6.07, 6.45) is -4.11. The van der Waals surface area contributed by atoms with Crippen molar-refractivity contribution in [1.29, 1.82) is 0 Å². The smallest absolute Gasteiger partial charge is 0.419 e. The van der Waals surface area contributed by atoms with Crippen LogP contribution in [0.4, 0.5) is 13.2 Å². The summed E-state index contributed by atoms with van der Waals surface area (Å²) in [4.78, 5) is 13.7. The van der Waals surface area contributed by atoms with E-state index in [0.717, 1.165) is 32.0 Å². The lowest BCUT2D eigenvalue weighted by atomic mass is 9.96. The molecule has 25 heavy (non-hydrogen) atoms. The third-order valence-electron chi connectivity index (χ3n) is 4.17. The Hall–Kier alpha value is -1.80. The molecule has 0 bridgehead atoms. The first kappa shape index (κ1) is 19.5. The fraction of sp³-hybridized carbons (Fsp3) is 0.588. The first-order valence-corrected chi connectivity index (χ1v) is 8.22. The summed E-state index contributed by atoms with van der Waals surface area (Å²) >= 11 is 0. The molecule has 1 aromatic rings. The average Bonchev–Trinajstić information content (AvgIpc) is 2.59. The molecule has 1 aliphatic rings. The number of nitrogens with zero attached hydrogens (tertiary/aromatic N) is 1. The van der Waals surface area contributed by atoms with E-state index in [4.69, 9.17) is 4.74 Å². The SMILES string of the molecule is CN(C[C@@H](O)COc1ccccc1C(F)(F)F)C(=O)C1CCNCC1. The summed E-state index contributed by atoms with van der Waals surface area (Å²) in [5.41, 5.74) is -0.888. The van der Waals surface area contributed by atoms with Crippen LogP contribution >= 0.6 is 0 Å². The van der Waals surface area contributed by atoms with Crippen LogP contribution in [0.1, 0.15) is 18.4 Å². The van der Waals surface area contributed by atoms with Gasteiger partial charge in [0.2, 0.25) is 5.91 Å². The first-order chi connectivity index (χ1) is 11.8. The van der Waals surface area contributed by atoms with E-state index in [-0.39, 0.29) is 30.7 Å². The summed E-state index contributed by atoms with van der Waals surface area (Å²) in [5, 5.41) is 13.2. The van der Waals surface area contributed by atoms with Crippen molar-refractivity contribution in [2.24, 2.45) is 5.92 Å². The standard InChI is InChI=1S/C17H23F3N2O3/c1-22(16(24)12-6-8-21-9-7-12)10-13(23)11-25-15-5-3-2-4-14(15)17(18,19)20/h2-5,12-13,21,23H,6-11H2,1H3/t13-/m1/s1. The van der Waals surface area contributed by atoms with Crippen LogP contribution in [0.2, 0.25) is 0 Å². The van der Waals surface area contributed by atoms with Crippen molar-refractivity contribution in [3.05, 3.63) is 29.8 Å². The Kier molecular flexibility index (Phi) is 6.66. The fourth-order valence-electron chi connectivity index (χ4n) is 2.85. The molecule has 5 nitrogen and oxygen atoms in total. The predicted octanol–water partition coefficient (Wildman–Crippen LogP) is 1.90. The lowest BCUT2D eigenvalue weighted by Gasteiger charge is -2.28. The number of ether oxygens (including phenoxy) is 1. The van der Waals surface area contributed by atoms with Crippen molar-refractivity contribution in [2.75, 3.05) is 33.3 Å². The number of hydrogen-bond donors (Lipinski definition) is 2. The highest BCUT2D eigenvalue weighted by molar-refractivity contribution is 5.78. The van der Waals surface area contributed by atoms with Crippen molar-refractivity contribution in [1.82, 2.24) is 10.2 Å². The molecule has 1 atom stereocenters. The van der Waals surface area contributed by atoms with Gasteiger partial charge in [-0.3, -0.25) is 4.79 Å². The number of amides is 1. The first-order valence-electron chi connectivity index (χ1n) is 8.22. The van der Waals surface area contributed by atoms with Crippen LogP contribution in [0, 0.1) is 5.92 Å². The Morgan fingerprint density at radius 3 is 2.64 bits per heavy atom. The van der Waals surface area contributed by atoms with Crippen molar-refractivity contribution in [3.63, 3.8) is 0 Å². The van der Waals surface area contributed by atoms with Gasteiger partial charge in [-0.2, -0.15) is 13.2 Å². The number of aliphatic hydroxyl groups excluding tert-OH is 1. The molecule has 2 rings (SSSR count). The number of para-hydroxylation sites is 1. The van der Waals surface area contributed by atoms with Gasteiger partial charge in [-0.25, -0.2) is 0 Å². The van der Waals surface area contributed by atoms with Gasteiger partial charge in [0, 0.05) is 19.5 Å². The van der Waals surface area contributed by atoms with Crippen LogP contribution in [0.3, 0.4) is 0 Å². The number of likely N-dealkylation sites (N-methyl/N-ethyl adjacent to an activating group) is 1. The molecule has 0 spiro atoms. The summed E-state index contributed by atoms with van der Waals surface area (Å²) in [5.74, 6) is -0.469. The normalized spacial score (nSPS) is 17.2. The van der Waals surface area contributed by atoms with E-state index in [2.05, 4.69) is 5.32 Å². The zero-order valence-corrected chi connectivity index (χ0v) is 14.1. The molecule has 2 N–H and O–H groups in total. The Morgan fingerprint density at radius 1 is 1.36 bits per heavy atom. The van der Waals surface area contributed by atoms with Crippen LogP contribution in [0.15, 0.2) is 24.3 Å². The second kappa shape index (κ2) is 8.53. The number of rotatable bonds is 6. The Morgan fingerprint density at radius 2 is 2.00 bits per heavy atom. The maximum absolute atomic E-state index is 12.9. The van der Waals surface area contributed by atoms with E-state index in [1.807, 2.05) is 0 Å². The number of hydrogen-bond acceptors (Lipinski definition) is 4. The highest BCUT2D eigenvalue weighted by Gasteiger charge is 2.34. The van der Waals surface area contributed by atoms with E-state index >= 15 is 0 Å². The van der Waals surface area contributed by atoms with Crippen LogP contribution in [0.25, 0.3) is 0 Å². The van der Waals surface area contributed by atoms with E-state index in [1.54, 1.807) is 7.05 Å². The number of nitrogens with one attached hydrogen (secondary N) is 1. The molecule has 0 aromatic heterocycles. The Balaban J connectivity index is 1.86. The molecule has 1 saturated heterocycles. The molecule has 1 amide bonds. The highest BCUT2D eigenvalue weighted by atomic mass is 19.4. The number of alkyl halides is 3. The second-order valence-corrected chi connectivity index (χ2v) is 6.20. The zero-order valence-electron chi connectivity index (χ0n) is 14.1. The second-order valence-electron chi connectivity index (χ2n) is 6.20. The van der Waals surface area contributed by atoms with Gasteiger partial charge in [-0.1, -0.05) is 12.1 Å². The Labute approximate surface area is 144 Å². The third-order valence-corrected chi connectivity index (χ3v) is 4.17. The van der Waals surface area contributed by atoms with Gasteiger partial charge in [0.1, 0.15) is 18.5 Å². The molecule has 8 heteroatoms. The van der Waals surface area contributed by atoms with Crippen molar-refractivity contribution < 1.29 is 27.8 Å². The van der Waals surface area contributed by atoms with Gasteiger partial charge in [0.25, 0.3) is 0 Å². The van der Waals surface area contributed by atoms with Crippen LogP contribution in [-0.4, -0.2) is 55.3 Å². The summed E-state index contributed by atoms with van der Waals surface area (Å²) in [7, 11) is 1.58. The zero-order chi connectivity index (χ0) is 18.4. The number of piperidine rings is 1. The van der Waals surface area contributed by atoms with Gasteiger partial charge in [-0.05, 0) is 38.1 Å². The number of aliphatic hydroxyl groups is 1. The van der Waals surface area contributed by atoms with E-state index in [1.165, 1.54) is 23.1 Å². The van der Waals surface area contributed by atoms with Gasteiger partial charge < -0.3 is 20.1 Å². The quantitative estimate of drug-likeness (QED) is 0.814. The summed E-state index contributed by atoms with van der Waals surface area (Å²) in [6.45, 7) is 1.25. The monoisotopic (exact) mass is 360 g/mol. The molecule has 1 heterocycles. The molecular weight excluding hydrogens is 337 g/mol. The number of carbonyl (C=O) groups is 1. The maximum Gasteiger partial charge on any atom is 0.419 e.